The van der Waals surface area contributed by atoms with Gasteiger partial charge in [0.15, 0.2) is 0 Å². The van der Waals surface area contributed by atoms with E-state index in [4.69, 9.17) is 0 Å². The van der Waals surface area contributed by atoms with Gasteiger partial charge in [-0.2, -0.15) is 4.31 Å². The van der Waals surface area contributed by atoms with Gasteiger partial charge in [-0.25, -0.2) is 8.42 Å². The Morgan fingerprint density at radius 3 is 2.33 bits per heavy atom. The number of sulfonamides is 1. The van der Waals surface area contributed by atoms with E-state index in [0.29, 0.717) is 5.56 Å². The Bertz CT molecular complexity index is 883. The number of hydrogen-bond donors (Lipinski definition) is 2. The minimum Gasteiger partial charge on any atom is -0.387 e. The summed E-state index contributed by atoms with van der Waals surface area (Å²) in [7, 11) is -3.80. The van der Waals surface area contributed by atoms with Crippen LogP contribution in [0, 0.1) is 10.1 Å². The van der Waals surface area contributed by atoms with Crippen molar-refractivity contribution in [1.29, 1.82) is 0 Å². The number of aliphatic hydroxyl groups is 1. The van der Waals surface area contributed by atoms with Crippen molar-refractivity contribution < 1.29 is 18.4 Å². The summed E-state index contributed by atoms with van der Waals surface area (Å²) in [5, 5.41) is 24.4. The maximum absolute atomic E-state index is 12.6. The second-order valence-corrected chi connectivity index (χ2v) is 7.77. The first-order valence-electron chi connectivity index (χ1n) is 8.56. The van der Waals surface area contributed by atoms with Gasteiger partial charge in [-0.05, 0) is 17.7 Å². The Morgan fingerprint density at radius 1 is 1.15 bits per heavy atom. The molecule has 0 amide bonds. The quantitative estimate of drug-likeness (QED) is 0.500. The fourth-order valence-corrected chi connectivity index (χ4v) is 4.16. The van der Waals surface area contributed by atoms with Crippen LogP contribution in [-0.2, 0) is 10.0 Å². The van der Waals surface area contributed by atoms with Crippen LogP contribution in [0.3, 0.4) is 0 Å². The predicted octanol–water partition coefficient (Wildman–Crippen LogP) is 2.77. The third kappa shape index (κ3) is 4.82. The molecule has 1 atom stereocenters. The highest BCUT2D eigenvalue weighted by Crippen LogP contribution is 2.29. The van der Waals surface area contributed by atoms with E-state index >= 15 is 0 Å². The normalized spacial score (nSPS) is 12.7. The van der Waals surface area contributed by atoms with E-state index in [0.717, 1.165) is 6.07 Å². The van der Waals surface area contributed by atoms with Gasteiger partial charge in [-0.15, -0.1) is 0 Å². The Balaban J connectivity index is 2.27. The number of aliphatic hydroxyl groups excluding tert-OH is 1. The molecule has 0 aliphatic heterocycles. The molecule has 146 valence electrons. The van der Waals surface area contributed by atoms with Crippen LogP contribution in [-0.4, -0.2) is 42.4 Å². The second kappa shape index (κ2) is 8.94. The zero-order chi connectivity index (χ0) is 20.0. The Labute approximate surface area is 158 Å². The number of benzene rings is 2. The first-order valence-corrected chi connectivity index (χ1v) is 10.0. The van der Waals surface area contributed by atoms with Gasteiger partial charge in [0.1, 0.15) is 5.69 Å². The van der Waals surface area contributed by atoms with Gasteiger partial charge >= 0.3 is 0 Å². The Morgan fingerprint density at radius 2 is 1.78 bits per heavy atom. The lowest BCUT2D eigenvalue weighted by Crippen LogP contribution is -2.30. The highest BCUT2D eigenvalue weighted by molar-refractivity contribution is 7.89. The van der Waals surface area contributed by atoms with Gasteiger partial charge in [0, 0.05) is 25.7 Å². The second-order valence-electron chi connectivity index (χ2n) is 5.83. The lowest BCUT2D eigenvalue weighted by atomic mass is 10.1. The zero-order valence-electron chi connectivity index (χ0n) is 15.2. The molecule has 2 N–H and O–H groups in total. The fraction of sp³-hybridized carbons (Fsp3) is 0.333. The highest BCUT2D eigenvalue weighted by atomic mass is 32.2. The Hall–Kier alpha value is -2.49. The molecule has 0 aliphatic rings. The van der Waals surface area contributed by atoms with Crippen LogP contribution < -0.4 is 5.32 Å². The summed E-state index contributed by atoms with van der Waals surface area (Å²) in [5.74, 6) is 0. The molecule has 2 rings (SSSR count). The molecule has 2 aromatic carbocycles. The average Bonchev–Trinajstić information content (AvgIpc) is 2.67. The van der Waals surface area contributed by atoms with E-state index in [2.05, 4.69) is 5.32 Å². The molecule has 2 aromatic rings. The first-order chi connectivity index (χ1) is 12.8. The van der Waals surface area contributed by atoms with E-state index < -0.39 is 21.1 Å². The van der Waals surface area contributed by atoms with Crippen molar-refractivity contribution in [2.45, 2.75) is 24.8 Å². The summed E-state index contributed by atoms with van der Waals surface area (Å²) >= 11 is 0. The number of hydrogen-bond acceptors (Lipinski definition) is 6. The third-order valence-electron chi connectivity index (χ3n) is 4.18. The molecule has 27 heavy (non-hydrogen) atoms. The van der Waals surface area contributed by atoms with E-state index in [1.807, 2.05) is 6.07 Å². The topological polar surface area (TPSA) is 113 Å². The lowest BCUT2D eigenvalue weighted by molar-refractivity contribution is -0.384. The minimum absolute atomic E-state index is 0.0486. The van der Waals surface area contributed by atoms with Crippen molar-refractivity contribution >= 4 is 21.4 Å². The van der Waals surface area contributed by atoms with Crippen molar-refractivity contribution in [3.63, 3.8) is 0 Å². The largest absolute Gasteiger partial charge is 0.387 e. The maximum Gasteiger partial charge on any atom is 0.293 e. The molecular formula is C18H23N3O5S. The number of rotatable bonds is 9. The molecule has 0 fully saturated rings. The summed E-state index contributed by atoms with van der Waals surface area (Å²) in [5.41, 5.74) is 0.463. The van der Waals surface area contributed by atoms with Crippen molar-refractivity contribution in [1.82, 2.24) is 4.31 Å². The van der Waals surface area contributed by atoms with Crippen LogP contribution in [0.25, 0.3) is 0 Å². The van der Waals surface area contributed by atoms with Crippen LogP contribution in [0.1, 0.15) is 25.5 Å². The molecule has 0 aliphatic carbocycles. The summed E-state index contributed by atoms with van der Waals surface area (Å²) in [6.45, 7) is 4.01. The SMILES string of the molecule is CCN(CC)S(=O)(=O)c1ccc(NCC(O)c2ccccc2)c([N+](=O)[O-])c1. The monoisotopic (exact) mass is 393 g/mol. The third-order valence-corrected chi connectivity index (χ3v) is 6.23. The Kier molecular flexibility index (Phi) is 6.89. The highest BCUT2D eigenvalue weighted by Gasteiger charge is 2.25. The first kappa shape index (κ1) is 20.8. The van der Waals surface area contributed by atoms with Crippen LogP contribution in [0.5, 0.6) is 0 Å². The van der Waals surface area contributed by atoms with E-state index in [1.165, 1.54) is 16.4 Å². The van der Waals surface area contributed by atoms with Crippen LogP contribution >= 0.6 is 0 Å². The van der Waals surface area contributed by atoms with Gasteiger partial charge in [-0.1, -0.05) is 44.2 Å². The van der Waals surface area contributed by atoms with E-state index in [9.17, 15) is 23.6 Å². The summed E-state index contributed by atoms with van der Waals surface area (Å²) in [6, 6.07) is 12.6. The molecule has 9 heteroatoms. The van der Waals surface area contributed by atoms with Crippen molar-refractivity contribution in [3.05, 3.63) is 64.2 Å². The smallest absolute Gasteiger partial charge is 0.293 e. The molecule has 0 aromatic heterocycles. The molecule has 0 bridgehead atoms. The van der Waals surface area contributed by atoms with Crippen LogP contribution in [0.4, 0.5) is 11.4 Å². The molecule has 0 saturated heterocycles. The molecule has 8 nitrogen and oxygen atoms in total. The standard InChI is InChI=1S/C18H23N3O5S/c1-3-20(4-2)27(25,26)15-10-11-16(17(12-15)21(23)24)19-13-18(22)14-8-6-5-7-9-14/h5-12,18-19,22H,3-4,13H2,1-2H3. The van der Waals surface area contributed by atoms with Gasteiger partial charge in [0.2, 0.25) is 10.0 Å². The van der Waals surface area contributed by atoms with Gasteiger partial charge in [-0.3, -0.25) is 10.1 Å². The average molecular weight is 393 g/mol. The van der Waals surface area contributed by atoms with Crippen molar-refractivity contribution in [3.8, 4) is 0 Å². The number of nitro benzene ring substituents is 1. The maximum atomic E-state index is 12.6. The zero-order valence-corrected chi connectivity index (χ0v) is 16.0. The van der Waals surface area contributed by atoms with Crippen molar-refractivity contribution in [2.24, 2.45) is 0 Å². The summed E-state index contributed by atoms with van der Waals surface area (Å²) < 4.78 is 26.4. The van der Waals surface area contributed by atoms with E-state index in [-0.39, 0.29) is 35.9 Å². The van der Waals surface area contributed by atoms with Gasteiger partial charge < -0.3 is 10.4 Å². The van der Waals surface area contributed by atoms with Gasteiger partial charge in [0.05, 0.1) is 15.9 Å². The number of anilines is 1. The number of nitrogens with one attached hydrogen (secondary N) is 1. The molecule has 0 saturated carbocycles. The number of nitrogens with zero attached hydrogens (tertiary/aromatic N) is 2. The predicted molar refractivity (Wildman–Crippen MR) is 103 cm³/mol. The van der Waals surface area contributed by atoms with Crippen LogP contribution in [0.15, 0.2) is 53.4 Å². The molecule has 0 heterocycles. The molecule has 0 radical (unpaired) electrons. The van der Waals surface area contributed by atoms with Crippen LogP contribution in [0.2, 0.25) is 0 Å². The summed E-state index contributed by atoms with van der Waals surface area (Å²) in [4.78, 5) is 10.6. The van der Waals surface area contributed by atoms with Crippen molar-refractivity contribution in [2.75, 3.05) is 25.0 Å². The molecular weight excluding hydrogens is 370 g/mol. The molecule has 0 spiro atoms. The van der Waals surface area contributed by atoms with E-state index in [1.54, 1.807) is 38.1 Å². The number of nitro groups is 1. The van der Waals surface area contributed by atoms with Gasteiger partial charge in [0.25, 0.3) is 5.69 Å². The lowest BCUT2D eigenvalue weighted by Gasteiger charge is -2.19. The molecule has 1 unspecified atom stereocenters. The summed E-state index contributed by atoms with van der Waals surface area (Å²) in [6.07, 6.45) is -0.857. The minimum atomic E-state index is -3.80. The fourth-order valence-electron chi connectivity index (χ4n) is 2.68.